The average molecular weight is 385 g/mol. The van der Waals surface area contributed by atoms with Crippen LogP contribution in [0.4, 0.5) is 5.82 Å². The lowest BCUT2D eigenvalue weighted by Gasteiger charge is -2.22. The molecule has 0 aliphatic carbocycles. The van der Waals surface area contributed by atoms with Crippen LogP contribution in [-0.2, 0) is 0 Å². The summed E-state index contributed by atoms with van der Waals surface area (Å²) in [5.74, 6) is 2.25. The third kappa shape index (κ3) is 3.18. The average Bonchev–Trinajstić information content (AvgIpc) is 3.22. The molecule has 0 saturated heterocycles. The molecule has 6 heteroatoms. The maximum atomic E-state index is 11.1. The second-order valence-corrected chi connectivity index (χ2v) is 6.93. The molecule has 0 fully saturated rings. The molecule has 0 amide bonds. The number of phenolic OH excluding ortho intramolecular Hbond substituents is 1. The second kappa shape index (κ2) is 6.98. The summed E-state index contributed by atoms with van der Waals surface area (Å²) in [6, 6.07) is 18.9. The zero-order chi connectivity index (χ0) is 19.8. The van der Waals surface area contributed by atoms with E-state index in [4.69, 9.17) is 9.47 Å². The molecule has 1 atom stereocenters. The highest BCUT2D eigenvalue weighted by molar-refractivity contribution is 5.86. The van der Waals surface area contributed by atoms with E-state index >= 15 is 0 Å². The Morgan fingerprint density at radius 2 is 1.86 bits per heavy atom. The summed E-state index contributed by atoms with van der Waals surface area (Å²) in [5.41, 5.74) is 3.06. The normalized spacial score (nSPS) is 13.4. The molecule has 4 aromatic rings. The summed E-state index contributed by atoms with van der Waals surface area (Å²) in [6.07, 6.45) is 1.73. The Hall–Kier alpha value is -3.80. The summed E-state index contributed by atoms with van der Waals surface area (Å²) in [4.78, 5) is 8.92. The van der Waals surface area contributed by atoms with E-state index in [2.05, 4.69) is 15.3 Å². The highest BCUT2D eigenvalue weighted by Gasteiger charge is 2.23. The van der Waals surface area contributed by atoms with Crippen molar-refractivity contribution in [2.75, 3.05) is 12.1 Å². The van der Waals surface area contributed by atoms with Gasteiger partial charge in [-0.05, 0) is 42.8 Å². The number of anilines is 1. The Morgan fingerprint density at radius 1 is 1.00 bits per heavy atom. The van der Waals surface area contributed by atoms with Crippen LogP contribution in [0.25, 0.3) is 10.9 Å². The molecule has 0 bridgehead atoms. The fourth-order valence-corrected chi connectivity index (χ4v) is 3.55. The van der Waals surface area contributed by atoms with Gasteiger partial charge in [-0.3, -0.25) is 0 Å². The quantitative estimate of drug-likeness (QED) is 0.536. The predicted molar refractivity (Wildman–Crippen MR) is 110 cm³/mol. The number of phenols is 1. The van der Waals surface area contributed by atoms with E-state index in [1.54, 1.807) is 6.20 Å². The van der Waals surface area contributed by atoms with E-state index in [9.17, 15) is 5.11 Å². The largest absolute Gasteiger partial charge is 0.505 e. The summed E-state index contributed by atoms with van der Waals surface area (Å²) in [5, 5.41) is 15.4. The molecular formula is C23H19N3O3. The fraction of sp³-hybridized carbons (Fsp3) is 0.130. The molecule has 1 aliphatic rings. The van der Waals surface area contributed by atoms with Crippen molar-refractivity contribution in [2.45, 2.75) is 13.0 Å². The molecular weight excluding hydrogens is 366 g/mol. The van der Waals surface area contributed by atoms with Crippen LogP contribution in [0.3, 0.4) is 0 Å². The third-order valence-electron chi connectivity index (χ3n) is 5.00. The molecule has 6 nitrogen and oxygen atoms in total. The summed E-state index contributed by atoms with van der Waals surface area (Å²) >= 11 is 0. The molecule has 0 saturated carbocycles. The second-order valence-electron chi connectivity index (χ2n) is 6.93. The number of nitrogens with one attached hydrogen (secondary N) is 1. The number of ether oxygens (including phenoxy) is 2. The molecule has 3 heterocycles. The Kier molecular flexibility index (Phi) is 4.17. The highest BCUT2D eigenvalue weighted by Crippen LogP contribution is 2.40. The number of benzene rings is 2. The van der Waals surface area contributed by atoms with Gasteiger partial charge in [0.15, 0.2) is 11.5 Å². The lowest BCUT2D eigenvalue weighted by Crippen LogP contribution is -2.13. The first-order chi connectivity index (χ1) is 14.2. The first-order valence-electron chi connectivity index (χ1n) is 9.35. The van der Waals surface area contributed by atoms with E-state index in [1.807, 2.05) is 67.6 Å². The van der Waals surface area contributed by atoms with Gasteiger partial charge in [-0.2, -0.15) is 0 Å². The van der Waals surface area contributed by atoms with Gasteiger partial charge < -0.3 is 19.9 Å². The number of aromatic nitrogens is 2. The van der Waals surface area contributed by atoms with Crippen molar-refractivity contribution in [1.29, 1.82) is 0 Å². The van der Waals surface area contributed by atoms with Crippen LogP contribution < -0.4 is 14.8 Å². The number of hydrogen-bond donors (Lipinski definition) is 2. The van der Waals surface area contributed by atoms with Gasteiger partial charge in [0.05, 0.1) is 6.04 Å². The molecule has 0 spiro atoms. The monoisotopic (exact) mass is 385 g/mol. The number of nitrogens with zero attached hydrogens (tertiary/aromatic N) is 2. The van der Waals surface area contributed by atoms with Gasteiger partial charge in [-0.25, -0.2) is 9.97 Å². The lowest BCUT2D eigenvalue weighted by molar-refractivity contribution is 0.174. The van der Waals surface area contributed by atoms with E-state index in [0.717, 1.165) is 16.6 Å². The van der Waals surface area contributed by atoms with Crippen LogP contribution in [0.1, 0.15) is 22.9 Å². The molecule has 0 unspecified atom stereocenters. The van der Waals surface area contributed by atoms with Crippen LogP contribution in [0, 0.1) is 6.92 Å². The van der Waals surface area contributed by atoms with Crippen molar-refractivity contribution < 1.29 is 14.6 Å². The molecule has 2 aromatic carbocycles. The maximum absolute atomic E-state index is 11.1. The molecule has 0 radical (unpaired) electrons. The molecule has 5 rings (SSSR count). The van der Waals surface area contributed by atoms with Crippen molar-refractivity contribution in [1.82, 2.24) is 9.97 Å². The number of aromatic hydroxyl groups is 1. The minimum absolute atomic E-state index is 0.150. The van der Waals surface area contributed by atoms with E-state index in [1.165, 1.54) is 0 Å². The van der Waals surface area contributed by atoms with Gasteiger partial charge >= 0.3 is 0 Å². The molecule has 2 aromatic heterocycles. The van der Waals surface area contributed by atoms with Gasteiger partial charge in [0.1, 0.15) is 17.1 Å². The van der Waals surface area contributed by atoms with Gasteiger partial charge in [0.25, 0.3) is 0 Å². The highest BCUT2D eigenvalue weighted by atomic mass is 16.7. The molecule has 29 heavy (non-hydrogen) atoms. The molecule has 144 valence electrons. The van der Waals surface area contributed by atoms with Gasteiger partial charge in [0, 0.05) is 22.8 Å². The minimum Gasteiger partial charge on any atom is -0.505 e. The molecule has 1 aliphatic heterocycles. The van der Waals surface area contributed by atoms with E-state index < -0.39 is 0 Å². The number of rotatable bonds is 4. The van der Waals surface area contributed by atoms with E-state index in [-0.39, 0.29) is 18.6 Å². The lowest BCUT2D eigenvalue weighted by atomic mass is 9.95. The first-order valence-corrected chi connectivity index (χ1v) is 9.35. The minimum atomic E-state index is -0.355. The number of fused-ring (bicyclic) bond motifs is 2. The van der Waals surface area contributed by atoms with Crippen LogP contribution in [0.5, 0.6) is 17.2 Å². The van der Waals surface area contributed by atoms with Crippen molar-refractivity contribution in [2.24, 2.45) is 0 Å². The van der Waals surface area contributed by atoms with Crippen molar-refractivity contribution in [3.05, 3.63) is 83.7 Å². The van der Waals surface area contributed by atoms with Gasteiger partial charge in [0.2, 0.25) is 6.79 Å². The zero-order valence-corrected chi connectivity index (χ0v) is 15.8. The fourth-order valence-electron chi connectivity index (χ4n) is 3.55. The standard InChI is InChI=1S/C23H19N3O3/c1-14-5-6-15-7-9-17(23(27)22(15)25-14)21(26-20-4-2-3-11-24-20)16-8-10-18-19(12-16)29-13-28-18/h2-12,21,27H,13H2,1H3,(H,24,26)/t21-/m1/s1. The Balaban J connectivity index is 1.66. The number of aryl methyl sites for hydroxylation is 1. The summed E-state index contributed by atoms with van der Waals surface area (Å²) in [6.45, 7) is 2.12. The maximum Gasteiger partial charge on any atom is 0.231 e. The number of pyridine rings is 2. The van der Waals surface area contributed by atoms with Crippen LogP contribution in [0.15, 0.2) is 66.9 Å². The Bertz CT molecular complexity index is 1190. The van der Waals surface area contributed by atoms with Crippen molar-refractivity contribution >= 4 is 16.7 Å². The van der Waals surface area contributed by atoms with Crippen LogP contribution in [0.2, 0.25) is 0 Å². The van der Waals surface area contributed by atoms with Gasteiger partial charge in [-0.1, -0.05) is 30.3 Å². The SMILES string of the molecule is Cc1ccc2ccc([C@H](Nc3ccccn3)c3ccc4c(c3)OCO4)c(O)c2n1. The van der Waals surface area contributed by atoms with E-state index in [0.29, 0.717) is 28.4 Å². The third-order valence-corrected chi connectivity index (χ3v) is 5.00. The summed E-state index contributed by atoms with van der Waals surface area (Å²) in [7, 11) is 0. The predicted octanol–water partition coefficient (Wildman–Crippen LogP) is 4.57. The van der Waals surface area contributed by atoms with Crippen molar-refractivity contribution in [3.63, 3.8) is 0 Å². The van der Waals surface area contributed by atoms with Crippen LogP contribution in [-0.4, -0.2) is 21.9 Å². The topological polar surface area (TPSA) is 76.5 Å². The number of hydrogen-bond acceptors (Lipinski definition) is 6. The zero-order valence-electron chi connectivity index (χ0n) is 15.8. The smallest absolute Gasteiger partial charge is 0.231 e. The van der Waals surface area contributed by atoms with Crippen LogP contribution >= 0.6 is 0 Å². The molecule has 2 N–H and O–H groups in total. The Labute approximate surface area is 167 Å². The van der Waals surface area contributed by atoms with Crippen molar-refractivity contribution in [3.8, 4) is 17.2 Å². The Morgan fingerprint density at radius 3 is 2.72 bits per heavy atom. The first kappa shape index (κ1) is 17.3. The summed E-state index contributed by atoms with van der Waals surface area (Å²) < 4.78 is 11.0. The van der Waals surface area contributed by atoms with Gasteiger partial charge in [-0.15, -0.1) is 0 Å².